The molecule has 0 radical (unpaired) electrons. The van der Waals surface area contributed by atoms with Gasteiger partial charge in [0, 0.05) is 29.8 Å². The Balaban J connectivity index is 2.45. The fourth-order valence-electron chi connectivity index (χ4n) is 2.42. The Hall–Kier alpha value is -2.37. The third-order valence-electron chi connectivity index (χ3n) is 3.44. The molecule has 1 aliphatic heterocycles. The molecule has 106 valence electrons. The minimum absolute atomic E-state index is 0.0245. The van der Waals surface area contributed by atoms with Crippen molar-refractivity contribution < 1.29 is 14.8 Å². The zero-order chi connectivity index (χ0) is 14.9. The van der Waals surface area contributed by atoms with Crippen molar-refractivity contribution in [3.8, 4) is 0 Å². The number of rotatable bonds is 3. The minimum atomic E-state index is -1.01. The van der Waals surface area contributed by atoms with Crippen LogP contribution in [-0.4, -0.2) is 21.5 Å². The molecule has 0 aromatic heterocycles. The number of non-ortho nitro benzene ring substituents is 1. The molecule has 0 fully saturated rings. The predicted octanol–water partition coefficient (Wildman–Crippen LogP) is 2.42. The number of aliphatic carboxylic acids is 1. The van der Waals surface area contributed by atoms with Crippen molar-refractivity contribution in [1.82, 2.24) is 5.32 Å². The van der Waals surface area contributed by atoms with E-state index in [0.717, 1.165) is 0 Å². The maximum atomic E-state index is 11.3. The van der Waals surface area contributed by atoms with E-state index in [-0.39, 0.29) is 22.7 Å². The highest BCUT2D eigenvalue weighted by Crippen LogP contribution is 2.36. The van der Waals surface area contributed by atoms with Crippen molar-refractivity contribution in [2.75, 3.05) is 0 Å². The molecule has 2 N–H and O–H groups in total. The zero-order valence-corrected chi connectivity index (χ0v) is 11.3. The first-order chi connectivity index (χ1) is 9.30. The molecular formula is C14H16N2O4. The number of nitrogens with zero attached hydrogens (tertiary/aromatic N) is 1. The molecule has 20 heavy (non-hydrogen) atoms. The number of nitro groups is 1. The third-order valence-corrected chi connectivity index (χ3v) is 3.44. The Morgan fingerprint density at radius 2 is 2.20 bits per heavy atom. The highest BCUT2D eigenvalue weighted by atomic mass is 16.6. The molecule has 1 aromatic carbocycles. The number of carboxylic acids is 1. The second kappa shape index (κ2) is 4.96. The fraction of sp³-hybridized carbons (Fsp3) is 0.357. The van der Waals surface area contributed by atoms with Gasteiger partial charge in [-0.05, 0) is 25.8 Å². The van der Waals surface area contributed by atoms with Crippen LogP contribution in [0, 0.1) is 10.1 Å². The topological polar surface area (TPSA) is 92.5 Å². The van der Waals surface area contributed by atoms with Crippen molar-refractivity contribution in [1.29, 1.82) is 0 Å². The Kier molecular flexibility index (Phi) is 3.48. The summed E-state index contributed by atoms with van der Waals surface area (Å²) in [6, 6.07) is 6.17. The Bertz CT molecular complexity index is 593. The number of benzene rings is 1. The number of hydrogen-bond acceptors (Lipinski definition) is 4. The van der Waals surface area contributed by atoms with Crippen LogP contribution in [0.2, 0.25) is 0 Å². The van der Waals surface area contributed by atoms with Crippen molar-refractivity contribution in [2.45, 2.75) is 31.7 Å². The number of nitro benzene ring substituents is 1. The fourth-order valence-corrected chi connectivity index (χ4v) is 2.42. The SMILES string of the molecule is CC1(C)CC(c2cccc([N+](=O)[O-])c2)C(C(=O)O)=CN1. The highest BCUT2D eigenvalue weighted by Gasteiger charge is 2.33. The quantitative estimate of drug-likeness (QED) is 0.653. The van der Waals surface area contributed by atoms with E-state index in [1.807, 2.05) is 13.8 Å². The molecule has 2 rings (SSSR count). The van der Waals surface area contributed by atoms with Crippen LogP contribution >= 0.6 is 0 Å². The second-order valence-electron chi connectivity index (χ2n) is 5.54. The van der Waals surface area contributed by atoms with E-state index in [9.17, 15) is 20.0 Å². The summed E-state index contributed by atoms with van der Waals surface area (Å²) in [5.74, 6) is -1.37. The molecule has 6 nitrogen and oxygen atoms in total. The number of nitrogens with one attached hydrogen (secondary N) is 1. The average Bonchev–Trinajstić information content (AvgIpc) is 2.37. The smallest absolute Gasteiger partial charge is 0.333 e. The van der Waals surface area contributed by atoms with E-state index in [1.54, 1.807) is 12.1 Å². The molecule has 1 atom stereocenters. The second-order valence-corrected chi connectivity index (χ2v) is 5.54. The first-order valence-electron chi connectivity index (χ1n) is 6.25. The van der Waals surface area contributed by atoms with Crippen LogP contribution in [0.3, 0.4) is 0 Å². The maximum absolute atomic E-state index is 11.3. The molecule has 0 saturated carbocycles. The molecule has 1 aliphatic rings. The Morgan fingerprint density at radius 1 is 1.50 bits per heavy atom. The first kappa shape index (κ1) is 14.0. The predicted molar refractivity (Wildman–Crippen MR) is 73.4 cm³/mol. The summed E-state index contributed by atoms with van der Waals surface area (Å²) < 4.78 is 0. The van der Waals surface area contributed by atoms with Gasteiger partial charge in [0.05, 0.1) is 10.5 Å². The van der Waals surface area contributed by atoms with Crippen molar-refractivity contribution in [3.63, 3.8) is 0 Å². The summed E-state index contributed by atoms with van der Waals surface area (Å²) in [5, 5.41) is 23.2. The monoisotopic (exact) mass is 276 g/mol. The lowest BCUT2D eigenvalue weighted by atomic mass is 9.79. The molecule has 0 spiro atoms. The van der Waals surface area contributed by atoms with E-state index in [2.05, 4.69) is 5.32 Å². The van der Waals surface area contributed by atoms with Crippen LogP contribution in [0.1, 0.15) is 31.7 Å². The van der Waals surface area contributed by atoms with Crippen LogP contribution in [0.25, 0.3) is 0 Å². The third kappa shape index (κ3) is 2.79. The lowest BCUT2D eigenvalue weighted by Gasteiger charge is -2.35. The van der Waals surface area contributed by atoms with Crippen LogP contribution in [0.4, 0.5) is 5.69 Å². The molecule has 0 saturated heterocycles. The summed E-state index contributed by atoms with van der Waals surface area (Å²) in [6.45, 7) is 3.93. The van der Waals surface area contributed by atoms with Gasteiger partial charge in [-0.25, -0.2) is 4.79 Å². The van der Waals surface area contributed by atoms with Crippen molar-refractivity contribution >= 4 is 11.7 Å². The highest BCUT2D eigenvalue weighted by molar-refractivity contribution is 5.88. The number of carbonyl (C=O) groups is 1. The Labute approximate surface area is 116 Å². The normalized spacial score (nSPS) is 20.7. The van der Waals surface area contributed by atoms with E-state index in [4.69, 9.17) is 0 Å². The van der Waals surface area contributed by atoms with Crippen molar-refractivity contribution in [3.05, 3.63) is 51.7 Å². The van der Waals surface area contributed by atoms with Gasteiger partial charge in [-0.15, -0.1) is 0 Å². The van der Waals surface area contributed by atoms with E-state index in [0.29, 0.717) is 12.0 Å². The minimum Gasteiger partial charge on any atom is -0.478 e. The Morgan fingerprint density at radius 3 is 2.80 bits per heavy atom. The van der Waals surface area contributed by atoms with Gasteiger partial charge >= 0.3 is 5.97 Å². The molecule has 6 heteroatoms. The van der Waals surface area contributed by atoms with E-state index in [1.165, 1.54) is 18.3 Å². The summed E-state index contributed by atoms with van der Waals surface area (Å²) in [6.07, 6.45) is 2.06. The maximum Gasteiger partial charge on any atom is 0.333 e. The van der Waals surface area contributed by atoms with Gasteiger partial charge < -0.3 is 10.4 Å². The van der Waals surface area contributed by atoms with E-state index < -0.39 is 10.9 Å². The van der Waals surface area contributed by atoms with Gasteiger partial charge in [0.2, 0.25) is 0 Å². The molecule has 0 aliphatic carbocycles. The van der Waals surface area contributed by atoms with Crippen LogP contribution in [0.5, 0.6) is 0 Å². The van der Waals surface area contributed by atoms with Gasteiger partial charge in [0.1, 0.15) is 0 Å². The molecular weight excluding hydrogens is 260 g/mol. The molecule has 1 unspecified atom stereocenters. The van der Waals surface area contributed by atoms with Crippen LogP contribution in [-0.2, 0) is 4.79 Å². The molecule has 1 heterocycles. The molecule has 0 bridgehead atoms. The van der Waals surface area contributed by atoms with Gasteiger partial charge in [-0.2, -0.15) is 0 Å². The van der Waals surface area contributed by atoms with Gasteiger partial charge in [0.25, 0.3) is 5.69 Å². The van der Waals surface area contributed by atoms with Crippen LogP contribution in [0.15, 0.2) is 36.0 Å². The average molecular weight is 276 g/mol. The van der Waals surface area contributed by atoms with Crippen molar-refractivity contribution in [2.24, 2.45) is 0 Å². The number of hydrogen-bond donors (Lipinski definition) is 2. The summed E-state index contributed by atoms with van der Waals surface area (Å²) in [7, 11) is 0. The van der Waals surface area contributed by atoms with Gasteiger partial charge in [-0.3, -0.25) is 10.1 Å². The van der Waals surface area contributed by atoms with Crippen LogP contribution < -0.4 is 5.32 Å². The number of carboxylic acid groups (broad SMARTS) is 1. The van der Waals surface area contributed by atoms with Gasteiger partial charge in [-0.1, -0.05) is 12.1 Å². The molecule has 0 amide bonds. The summed E-state index contributed by atoms with van der Waals surface area (Å²) in [4.78, 5) is 21.7. The lowest BCUT2D eigenvalue weighted by molar-refractivity contribution is -0.384. The standard InChI is InChI=1S/C14H16N2O4/c1-14(2)7-11(12(8-15-14)13(17)18)9-4-3-5-10(6-9)16(19)20/h3-6,8,11,15H,7H2,1-2H3,(H,17,18). The zero-order valence-electron chi connectivity index (χ0n) is 11.3. The van der Waals surface area contributed by atoms with E-state index >= 15 is 0 Å². The summed E-state index contributed by atoms with van der Waals surface area (Å²) in [5.41, 5.74) is 0.602. The van der Waals surface area contributed by atoms with Gasteiger partial charge in [0.15, 0.2) is 0 Å². The summed E-state index contributed by atoms with van der Waals surface area (Å²) >= 11 is 0. The lowest BCUT2D eigenvalue weighted by Crippen LogP contribution is -2.42. The largest absolute Gasteiger partial charge is 0.478 e. The molecule has 1 aromatic rings. The first-order valence-corrected chi connectivity index (χ1v) is 6.25.